The third kappa shape index (κ3) is 2.57. The summed E-state index contributed by atoms with van der Waals surface area (Å²) in [6, 6.07) is 3.54. The number of rotatable bonds is 5. The highest BCUT2D eigenvalue weighted by atomic mass is 35.5. The molecule has 1 aliphatic heterocycles. The summed E-state index contributed by atoms with van der Waals surface area (Å²) < 4.78 is 10.5. The summed E-state index contributed by atoms with van der Waals surface area (Å²) in [6.45, 7) is 3.58. The van der Waals surface area contributed by atoms with Crippen LogP contribution in [-0.2, 0) is 9.53 Å². The second kappa shape index (κ2) is 5.12. The first-order valence-corrected chi connectivity index (χ1v) is 5.99. The van der Waals surface area contributed by atoms with Crippen LogP contribution >= 0.6 is 11.6 Å². The van der Waals surface area contributed by atoms with E-state index in [1.54, 1.807) is 13.2 Å². The number of nitrogens with zero attached hydrogens (tertiary/aromatic N) is 2. The van der Waals surface area contributed by atoms with Crippen LogP contribution in [0.4, 0.5) is 5.82 Å². The highest BCUT2D eigenvalue weighted by Crippen LogP contribution is 2.31. The molecule has 2 rings (SSSR count). The van der Waals surface area contributed by atoms with Gasteiger partial charge in [-0.05, 0) is 19.1 Å². The molecular formula is C12H15ClN2O3. The van der Waals surface area contributed by atoms with Crippen molar-refractivity contribution in [1.82, 2.24) is 4.98 Å². The lowest BCUT2D eigenvalue weighted by Crippen LogP contribution is -2.61. The molecular weight excluding hydrogens is 256 g/mol. The van der Waals surface area contributed by atoms with Gasteiger partial charge in [0.2, 0.25) is 0 Å². The lowest BCUT2D eigenvalue weighted by Gasteiger charge is -2.47. The Morgan fingerprint density at radius 1 is 1.56 bits per heavy atom. The van der Waals surface area contributed by atoms with Gasteiger partial charge in [0.25, 0.3) is 0 Å². The van der Waals surface area contributed by atoms with Crippen molar-refractivity contribution in [3.63, 3.8) is 0 Å². The molecule has 0 atom stereocenters. The summed E-state index contributed by atoms with van der Waals surface area (Å²) in [5, 5.41) is 0.264. The van der Waals surface area contributed by atoms with E-state index in [1.165, 1.54) is 0 Å². The maximum absolute atomic E-state index is 10.2. The van der Waals surface area contributed by atoms with Crippen molar-refractivity contribution >= 4 is 23.7 Å². The average molecular weight is 271 g/mol. The monoisotopic (exact) mass is 270 g/mol. The van der Waals surface area contributed by atoms with Crippen LogP contribution in [0, 0.1) is 0 Å². The molecule has 0 aromatic carbocycles. The van der Waals surface area contributed by atoms with E-state index in [0.717, 1.165) is 18.9 Å². The number of aldehydes is 1. The number of ether oxygens (including phenoxy) is 2. The minimum Gasteiger partial charge on any atom is -0.483 e. The maximum atomic E-state index is 10.2. The van der Waals surface area contributed by atoms with Gasteiger partial charge in [0, 0.05) is 20.2 Å². The molecule has 18 heavy (non-hydrogen) atoms. The molecule has 98 valence electrons. The van der Waals surface area contributed by atoms with Crippen molar-refractivity contribution in [3.8, 4) is 5.75 Å². The van der Waals surface area contributed by atoms with E-state index in [-0.39, 0.29) is 17.4 Å². The van der Waals surface area contributed by atoms with Gasteiger partial charge in [0.05, 0.1) is 5.60 Å². The van der Waals surface area contributed by atoms with Crippen LogP contribution in [0.3, 0.4) is 0 Å². The van der Waals surface area contributed by atoms with Crippen LogP contribution in [0.1, 0.15) is 6.92 Å². The van der Waals surface area contributed by atoms with E-state index in [1.807, 2.05) is 13.0 Å². The summed E-state index contributed by atoms with van der Waals surface area (Å²) in [5.74, 6) is 1.20. The zero-order valence-corrected chi connectivity index (χ0v) is 11.1. The van der Waals surface area contributed by atoms with Gasteiger partial charge < -0.3 is 14.4 Å². The van der Waals surface area contributed by atoms with Crippen LogP contribution in [-0.4, -0.2) is 43.7 Å². The molecule has 1 aromatic rings. The molecule has 1 saturated heterocycles. The molecule has 1 fully saturated rings. The van der Waals surface area contributed by atoms with Gasteiger partial charge in [-0.3, -0.25) is 4.79 Å². The van der Waals surface area contributed by atoms with Crippen LogP contribution in [0.5, 0.6) is 5.75 Å². The highest BCUT2D eigenvalue weighted by Gasteiger charge is 2.39. The fourth-order valence-electron chi connectivity index (χ4n) is 1.87. The van der Waals surface area contributed by atoms with E-state index in [4.69, 9.17) is 21.1 Å². The number of methoxy groups -OCH3 is 1. The minimum absolute atomic E-state index is 0.0216. The fraction of sp³-hybridized carbons (Fsp3) is 0.500. The highest BCUT2D eigenvalue weighted by molar-refractivity contribution is 6.30. The number of anilines is 1. The third-order valence-electron chi connectivity index (χ3n) is 2.97. The number of hydrogen-bond acceptors (Lipinski definition) is 5. The van der Waals surface area contributed by atoms with Crippen molar-refractivity contribution in [2.45, 2.75) is 12.5 Å². The normalized spacial score (nSPS) is 17.2. The lowest BCUT2D eigenvalue weighted by molar-refractivity contribution is -0.109. The quantitative estimate of drug-likeness (QED) is 0.600. The van der Waals surface area contributed by atoms with E-state index in [0.29, 0.717) is 12.0 Å². The van der Waals surface area contributed by atoms with Crippen LogP contribution in [0.15, 0.2) is 12.1 Å². The van der Waals surface area contributed by atoms with E-state index >= 15 is 0 Å². The molecule has 2 heterocycles. The van der Waals surface area contributed by atoms with Crippen molar-refractivity contribution in [2.75, 3.05) is 31.7 Å². The zero-order valence-electron chi connectivity index (χ0n) is 10.4. The predicted octanol–water partition coefficient (Wildman–Crippen LogP) is 1.54. The molecule has 0 radical (unpaired) electrons. The standard InChI is InChI=1S/C12H15ClN2O3/c1-12(17-2)7-15(8-12)10-4-3-9(11(13)14-10)18-6-5-16/h3-5H,6-8H2,1-2H3. The number of hydrogen-bond donors (Lipinski definition) is 0. The molecule has 0 spiro atoms. The van der Waals surface area contributed by atoms with Crippen LogP contribution in [0.25, 0.3) is 0 Å². The Balaban J connectivity index is 2.04. The third-order valence-corrected chi connectivity index (χ3v) is 3.24. The van der Waals surface area contributed by atoms with Gasteiger partial charge in [-0.25, -0.2) is 4.98 Å². The van der Waals surface area contributed by atoms with Crippen molar-refractivity contribution in [3.05, 3.63) is 17.3 Å². The molecule has 6 heteroatoms. The Hall–Kier alpha value is -1.33. The Morgan fingerprint density at radius 2 is 2.28 bits per heavy atom. The fourth-order valence-corrected chi connectivity index (χ4v) is 2.08. The second-order valence-corrected chi connectivity index (χ2v) is 4.80. The first-order chi connectivity index (χ1) is 8.58. The topological polar surface area (TPSA) is 51.7 Å². The zero-order chi connectivity index (χ0) is 13.2. The van der Waals surface area contributed by atoms with Crippen LogP contribution in [0.2, 0.25) is 5.15 Å². The number of halogens is 1. The Morgan fingerprint density at radius 3 is 2.83 bits per heavy atom. The molecule has 1 aromatic heterocycles. The van der Waals surface area contributed by atoms with E-state index in [2.05, 4.69) is 9.88 Å². The Bertz CT molecular complexity index is 447. The molecule has 0 bridgehead atoms. The van der Waals surface area contributed by atoms with Gasteiger partial charge >= 0.3 is 0 Å². The lowest BCUT2D eigenvalue weighted by atomic mass is 9.96. The van der Waals surface area contributed by atoms with Crippen molar-refractivity contribution < 1.29 is 14.3 Å². The molecule has 0 N–H and O–H groups in total. The molecule has 0 amide bonds. The Kier molecular flexibility index (Phi) is 3.73. The number of pyridine rings is 1. The summed E-state index contributed by atoms with van der Waals surface area (Å²) in [6.07, 6.45) is 0.670. The Labute approximate surface area is 111 Å². The maximum Gasteiger partial charge on any atom is 0.173 e. The molecule has 5 nitrogen and oxygen atoms in total. The summed E-state index contributed by atoms with van der Waals surface area (Å²) in [7, 11) is 1.70. The molecule has 0 unspecified atom stereocenters. The smallest absolute Gasteiger partial charge is 0.173 e. The summed E-state index contributed by atoms with van der Waals surface area (Å²) in [5.41, 5.74) is -0.110. The first-order valence-electron chi connectivity index (χ1n) is 5.61. The molecule has 0 aliphatic carbocycles. The van der Waals surface area contributed by atoms with E-state index in [9.17, 15) is 4.79 Å². The average Bonchev–Trinajstić information content (AvgIpc) is 2.33. The van der Waals surface area contributed by atoms with Gasteiger partial charge in [0.1, 0.15) is 12.4 Å². The number of aromatic nitrogens is 1. The van der Waals surface area contributed by atoms with E-state index < -0.39 is 0 Å². The molecule has 1 aliphatic rings. The minimum atomic E-state index is -0.110. The number of carbonyl (C=O) groups is 1. The van der Waals surface area contributed by atoms with Crippen molar-refractivity contribution in [1.29, 1.82) is 0 Å². The molecule has 0 saturated carbocycles. The van der Waals surface area contributed by atoms with Gasteiger partial charge in [-0.1, -0.05) is 11.6 Å². The van der Waals surface area contributed by atoms with Crippen molar-refractivity contribution in [2.24, 2.45) is 0 Å². The van der Waals surface area contributed by atoms with Gasteiger partial charge in [-0.15, -0.1) is 0 Å². The van der Waals surface area contributed by atoms with Gasteiger partial charge in [-0.2, -0.15) is 0 Å². The predicted molar refractivity (Wildman–Crippen MR) is 68.4 cm³/mol. The SMILES string of the molecule is COC1(C)CN(c2ccc(OCC=O)c(Cl)n2)C1. The van der Waals surface area contributed by atoms with Gasteiger partial charge in [0.15, 0.2) is 17.2 Å². The summed E-state index contributed by atoms with van der Waals surface area (Å²) in [4.78, 5) is 16.5. The summed E-state index contributed by atoms with van der Waals surface area (Å²) >= 11 is 5.99. The second-order valence-electron chi connectivity index (χ2n) is 4.45. The number of carbonyl (C=O) groups excluding carboxylic acids is 1. The van der Waals surface area contributed by atoms with Crippen LogP contribution < -0.4 is 9.64 Å². The largest absolute Gasteiger partial charge is 0.483 e. The first kappa shape index (κ1) is 13.1.